The zero-order valence-corrected chi connectivity index (χ0v) is 12.4. The third kappa shape index (κ3) is 4.34. The maximum absolute atomic E-state index is 11.7. The maximum atomic E-state index is 11.7. The summed E-state index contributed by atoms with van der Waals surface area (Å²) in [5.74, 6) is 0.965. The monoisotopic (exact) mass is 275 g/mol. The average molecular weight is 275 g/mol. The Balaban J connectivity index is 0.000000205. The third-order valence-corrected chi connectivity index (χ3v) is 3.71. The highest BCUT2D eigenvalue weighted by molar-refractivity contribution is 5.99. The number of nitrogens with one attached hydrogen (secondary N) is 1. The lowest BCUT2D eigenvalue weighted by molar-refractivity contribution is 0.0838. The van der Waals surface area contributed by atoms with Crippen LogP contribution in [0, 0.1) is 0 Å². The summed E-state index contributed by atoms with van der Waals surface area (Å²) < 4.78 is 5.72. The van der Waals surface area contributed by atoms with Crippen molar-refractivity contribution < 1.29 is 9.53 Å². The first-order chi connectivity index (χ1) is 9.81. The number of ketones is 1. The van der Waals surface area contributed by atoms with Crippen molar-refractivity contribution in [3.63, 3.8) is 0 Å². The van der Waals surface area contributed by atoms with Crippen LogP contribution in [0.15, 0.2) is 24.3 Å². The van der Waals surface area contributed by atoms with Crippen molar-refractivity contribution in [3.8, 4) is 5.75 Å². The average Bonchev–Trinajstić information content (AvgIpc) is 2.50. The molecule has 1 N–H and O–H groups in total. The minimum absolute atomic E-state index is 0.0856. The molecule has 0 spiro atoms. The molecule has 0 radical (unpaired) electrons. The number of piperidine rings is 1. The number of Topliss-reactive ketones (excluding diaryl/α,β-unsaturated/α-hetero) is 1. The van der Waals surface area contributed by atoms with E-state index in [1.165, 1.54) is 32.4 Å². The van der Waals surface area contributed by atoms with Crippen molar-refractivity contribution in [3.05, 3.63) is 29.8 Å². The smallest absolute Gasteiger partial charge is 0.170 e. The van der Waals surface area contributed by atoms with Crippen LogP contribution in [0.3, 0.4) is 0 Å². The molecular formula is C17H25NO2. The van der Waals surface area contributed by atoms with Crippen molar-refractivity contribution in [2.24, 2.45) is 0 Å². The van der Waals surface area contributed by atoms with Gasteiger partial charge in [0.05, 0.1) is 5.56 Å². The number of hydrogen-bond acceptors (Lipinski definition) is 3. The second-order valence-electron chi connectivity index (χ2n) is 5.46. The minimum atomic E-state index is 0.0856. The second-order valence-corrected chi connectivity index (χ2v) is 5.46. The highest BCUT2D eigenvalue weighted by Crippen LogP contribution is 2.28. The molecule has 20 heavy (non-hydrogen) atoms. The third-order valence-electron chi connectivity index (χ3n) is 3.71. The summed E-state index contributed by atoms with van der Waals surface area (Å²) in [6, 6.07) is 7.48. The molecule has 0 aliphatic carbocycles. The number of para-hydroxylation sites is 1. The number of carbonyl (C=O) groups is 1. The van der Waals surface area contributed by atoms with E-state index in [0.717, 1.165) is 24.2 Å². The van der Waals surface area contributed by atoms with Gasteiger partial charge in [0.1, 0.15) is 11.9 Å². The fraction of sp³-hybridized carbons (Fsp3) is 0.588. The van der Waals surface area contributed by atoms with Crippen LogP contribution in [0.1, 0.15) is 55.8 Å². The fourth-order valence-corrected chi connectivity index (χ4v) is 2.62. The molecule has 0 bridgehead atoms. The van der Waals surface area contributed by atoms with Gasteiger partial charge >= 0.3 is 0 Å². The van der Waals surface area contributed by atoms with Crippen LogP contribution in [-0.2, 0) is 0 Å². The molecule has 1 aromatic rings. The summed E-state index contributed by atoms with van der Waals surface area (Å²) in [4.78, 5) is 11.7. The Morgan fingerprint density at radius 2 is 1.95 bits per heavy atom. The molecule has 2 heterocycles. The van der Waals surface area contributed by atoms with Gasteiger partial charge in [0.15, 0.2) is 5.78 Å². The van der Waals surface area contributed by atoms with Crippen molar-refractivity contribution in [1.29, 1.82) is 0 Å². The molecule has 1 fully saturated rings. The number of benzene rings is 1. The molecule has 0 aromatic heterocycles. The highest BCUT2D eigenvalue weighted by Gasteiger charge is 2.24. The molecule has 1 atom stereocenters. The lowest BCUT2D eigenvalue weighted by Gasteiger charge is -2.24. The van der Waals surface area contributed by atoms with E-state index in [0.29, 0.717) is 6.42 Å². The number of rotatable bonds is 2. The van der Waals surface area contributed by atoms with Gasteiger partial charge in [-0.1, -0.05) is 31.9 Å². The van der Waals surface area contributed by atoms with E-state index in [9.17, 15) is 4.79 Å². The lowest BCUT2D eigenvalue weighted by atomic mass is 9.98. The van der Waals surface area contributed by atoms with Gasteiger partial charge in [0.2, 0.25) is 0 Å². The molecule has 0 amide bonds. The van der Waals surface area contributed by atoms with Gasteiger partial charge in [-0.15, -0.1) is 0 Å². The van der Waals surface area contributed by atoms with E-state index in [1.54, 1.807) is 0 Å². The van der Waals surface area contributed by atoms with Crippen LogP contribution in [0.4, 0.5) is 0 Å². The van der Waals surface area contributed by atoms with Gasteiger partial charge in [-0.05, 0) is 44.5 Å². The van der Waals surface area contributed by atoms with Gasteiger partial charge < -0.3 is 10.1 Å². The Morgan fingerprint density at radius 1 is 1.20 bits per heavy atom. The van der Waals surface area contributed by atoms with Gasteiger partial charge in [-0.2, -0.15) is 0 Å². The predicted octanol–water partition coefficient (Wildman–Crippen LogP) is 3.58. The summed E-state index contributed by atoms with van der Waals surface area (Å²) in [7, 11) is 0. The minimum Gasteiger partial charge on any atom is -0.489 e. The molecule has 3 heteroatoms. The zero-order chi connectivity index (χ0) is 14.2. The fourth-order valence-electron chi connectivity index (χ4n) is 2.62. The van der Waals surface area contributed by atoms with E-state index in [1.807, 2.05) is 24.3 Å². The van der Waals surface area contributed by atoms with E-state index < -0.39 is 0 Å². The lowest BCUT2D eigenvalue weighted by Crippen LogP contribution is -2.26. The molecule has 0 saturated carbocycles. The van der Waals surface area contributed by atoms with Gasteiger partial charge in [-0.3, -0.25) is 4.79 Å². The van der Waals surface area contributed by atoms with E-state index in [-0.39, 0.29) is 11.9 Å². The van der Waals surface area contributed by atoms with Crippen LogP contribution in [0.5, 0.6) is 5.75 Å². The Morgan fingerprint density at radius 3 is 2.55 bits per heavy atom. The Kier molecular flexibility index (Phi) is 6.06. The number of carbonyl (C=O) groups excluding carboxylic acids is 1. The maximum Gasteiger partial charge on any atom is 0.170 e. The first-order valence-electron chi connectivity index (χ1n) is 7.81. The van der Waals surface area contributed by atoms with Crippen LogP contribution >= 0.6 is 0 Å². The van der Waals surface area contributed by atoms with Crippen LogP contribution < -0.4 is 10.1 Å². The first-order valence-corrected chi connectivity index (χ1v) is 7.81. The first kappa shape index (κ1) is 15.0. The molecule has 110 valence electrons. The summed E-state index contributed by atoms with van der Waals surface area (Å²) in [6.07, 6.45) is 6.85. The SMILES string of the molecule is C1CCNCC1.CCCC1CC(=O)c2ccccc2O1. The number of ether oxygens (including phenoxy) is 1. The summed E-state index contributed by atoms with van der Waals surface area (Å²) in [6.45, 7) is 4.61. The Labute approximate surface area is 121 Å². The van der Waals surface area contributed by atoms with E-state index >= 15 is 0 Å². The standard InChI is InChI=1S/C12H14O2.C5H11N/c1-2-5-9-8-11(13)10-6-3-4-7-12(10)14-9;1-2-4-6-5-3-1/h3-4,6-7,9H,2,5,8H2,1H3;6H,1-5H2. The second kappa shape index (κ2) is 8.05. The van der Waals surface area contributed by atoms with Gasteiger partial charge in [0.25, 0.3) is 0 Å². The van der Waals surface area contributed by atoms with Crippen molar-refractivity contribution >= 4 is 5.78 Å². The molecule has 2 aliphatic rings. The van der Waals surface area contributed by atoms with Gasteiger partial charge in [-0.25, -0.2) is 0 Å². The molecule has 1 aromatic carbocycles. The predicted molar refractivity (Wildman–Crippen MR) is 81.4 cm³/mol. The van der Waals surface area contributed by atoms with E-state index in [4.69, 9.17) is 4.74 Å². The molecule has 3 nitrogen and oxygen atoms in total. The summed E-state index contributed by atoms with van der Waals surface area (Å²) in [5, 5.41) is 3.28. The number of fused-ring (bicyclic) bond motifs is 1. The summed E-state index contributed by atoms with van der Waals surface area (Å²) >= 11 is 0. The zero-order valence-electron chi connectivity index (χ0n) is 12.4. The van der Waals surface area contributed by atoms with Crippen molar-refractivity contribution in [2.75, 3.05) is 13.1 Å². The van der Waals surface area contributed by atoms with Gasteiger partial charge in [0, 0.05) is 6.42 Å². The van der Waals surface area contributed by atoms with Crippen molar-refractivity contribution in [1.82, 2.24) is 5.32 Å². The normalized spacial score (nSPS) is 21.2. The molecule has 3 rings (SSSR count). The number of hydrogen-bond donors (Lipinski definition) is 1. The molecule has 2 aliphatic heterocycles. The quantitative estimate of drug-likeness (QED) is 0.896. The van der Waals surface area contributed by atoms with Crippen LogP contribution in [-0.4, -0.2) is 25.0 Å². The van der Waals surface area contributed by atoms with Crippen LogP contribution in [0.25, 0.3) is 0 Å². The van der Waals surface area contributed by atoms with Crippen LogP contribution in [0.2, 0.25) is 0 Å². The largest absolute Gasteiger partial charge is 0.489 e. The highest BCUT2D eigenvalue weighted by atomic mass is 16.5. The van der Waals surface area contributed by atoms with E-state index in [2.05, 4.69) is 12.2 Å². The topological polar surface area (TPSA) is 38.3 Å². The Hall–Kier alpha value is -1.35. The van der Waals surface area contributed by atoms with Crippen molar-refractivity contribution in [2.45, 2.75) is 51.6 Å². The molecule has 1 saturated heterocycles. The Bertz CT molecular complexity index is 415. The summed E-state index contributed by atoms with van der Waals surface area (Å²) in [5.41, 5.74) is 0.736. The molecular weight excluding hydrogens is 250 g/mol. The molecule has 1 unspecified atom stereocenters.